The van der Waals surface area contributed by atoms with Gasteiger partial charge < -0.3 is 5.73 Å². The molecule has 3 rings (SSSR count). The molecule has 0 aliphatic heterocycles. The van der Waals surface area contributed by atoms with Crippen LogP contribution in [-0.4, -0.2) is 24.0 Å². The number of thioether (sulfide) groups is 1. The Bertz CT molecular complexity index is 1040. The van der Waals surface area contributed by atoms with Crippen LogP contribution in [0.25, 0.3) is 0 Å². The molecule has 142 valence electrons. The van der Waals surface area contributed by atoms with E-state index in [1.165, 1.54) is 16.4 Å². The van der Waals surface area contributed by atoms with Crippen molar-refractivity contribution in [2.24, 2.45) is 0 Å². The third-order valence-corrected chi connectivity index (χ3v) is 7.10. The van der Waals surface area contributed by atoms with Crippen molar-refractivity contribution in [2.45, 2.75) is 35.2 Å². The first-order valence-corrected chi connectivity index (χ1v) is 11.2. The molecular formula is C19H20ClN3O2S2. The van der Waals surface area contributed by atoms with Crippen molar-refractivity contribution in [3.8, 4) is 0 Å². The highest BCUT2D eigenvalue weighted by Crippen LogP contribution is 2.35. The molecule has 0 bridgehead atoms. The molecule has 8 heteroatoms. The molecule has 3 aromatic rings. The van der Waals surface area contributed by atoms with E-state index in [-0.39, 0.29) is 15.6 Å². The fourth-order valence-corrected chi connectivity index (χ4v) is 5.32. The lowest BCUT2D eigenvalue weighted by atomic mass is 10.2. The SMILES string of the molecule is CCSc1nn(Cc2ccc(Cl)cc2)c(N)c1S(=O)(=O)c1ccc(C)cc1. The van der Waals surface area contributed by atoms with E-state index in [0.29, 0.717) is 22.3 Å². The lowest BCUT2D eigenvalue weighted by Gasteiger charge is -2.07. The number of benzene rings is 2. The molecular weight excluding hydrogens is 402 g/mol. The van der Waals surface area contributed by atoms with Crippen LogP contribution in [0.1, 0.15) is 18.1 Å². The van der Waals surface area contributed by atoms with Crippen molar-refractivity contribution in [3.05, 3.63) is 64.7 Å². The van der Waals surface area contributed by atoms with Gasteiger partial charge in [0.15, 0.2) is 0 Å². The van der Waals surface area contributed by atoms with Gasteiger partial charge in [0.05, 0.1) is 11.4 Å². The van der Waals surface area contributed by atoms with E-state index in [1.807, 2.05) is 26.0 Å². The maximum Gasteiger partial charge on any atom is 0.212 e. The number of rotatable bonds is 6. The molecule has 0 aliphatic carbocycles. The van der Waals surface area contributed by atoms with Gasteiger partial charge in [0.25, 0.3) is 0 Å². The molecule has 0 atom stereocenters. The summed E-state index contributed by atoms with van der Waals surface area (Å²) in [5, 5.41) is 5.53. The van der Waals surface area contributed by atoms with Gasteiger partial charge in [-0.3, -0.25) is 0 Å². The smallest absolute Gasteiger partial charge is 0.212 e. The van der Waals surface area contributed by atoms with Crippen molar-refractivity contribution in [1.82, 2.24) is 9.78 Å². The standard InChI is InChI=1S/C19H20ClN3O2S2/c1-3-26-19-17(27(24,25)16-10-4-13(2)5-11-16)18(21)23(22-19)12-14-6-8-15(20)9-7-14/h4-11H,3,12,21H2,1-2H3. The lowest BCUT2D eigenvalue weighted by molar-refractivity contribution is 0.594. The zero-order valence-electron chi connectivity index (χ0n) is 15.0. The fraction of sp³-hybridized carbons (Fsp3) is 0.211. The average molecular weight is 422 g/mol. The number of nitrogens with two attached hydrogens (primary N) is 1. The summed E-state index contributed by atoms with van der Waals surface area (Å²) in [7, 11) is -3.77. The fourth-order valence-electron chi connectivity index (χ4n) is 2.64. The van der Waals surface area contributed by atoms with Gasteiger partial charge in [-0.1, -0.05) is 48.4 Å². The molecule has 0 saturated carbocycles. The van der Waals surface area contributed by atoms with E-state index in [1.54, 1.807) is 36.4 Å². The third kappa shape index (κ3) is 4.15. The summed E-state index contributed by atoms with van der Waals surface area (Å²) in [5.74, 6) is 0.829. The summed E-state index contributed by atoms with van der Waals surface area (Å²) in [6.07, 6.45) is 0. The summed E-state index contributed by atoms with van der Waals surface area (Å²) in [5.41, 5.74) is 8.17. The first-order valence-electron chi connectivity index (χ1n) is 8.38. The van der Waals surface area contributed by atoms with Gasteiger partial charge in [-0.25, -0.2) is 13.1 Å². The minimum Gasteiger partial charge on any atom is -0.383 e. The maximum atomic E-state index is 13.2. The molecule has 0 amide bonds. The van der Waals surface area contributed by atoms with Gasteiger partial charge in [-0.2, -0.15) is 5.10 Å². The molecule has 0 unspecified atom stereocenters. The van der Waals surface area contributed by atoms with Gasteiger partial charge in [-0.15, -0.1) is 11.8 Å². The second-order valence-corrected chi connectivity index (χ2v) is 9.63. The number of hydrogen-bond acceptors (Lipinski definition) is 5. The summed E-state index contributed by atoms with van der Waals surface area (Å²) in [4.78, 5) is 0.288. The van der Waals surface area contributed by atoms with E-state index < -0.39 is 9.84 Å². The van der Waals surface area contributed by atoms with Crippen LogP contribution in [-0.2, 0) is 16.4 Å². The Morgan fingerprint density at radius 3 is 2.33 bits per heavy atom. The number of aromatic nitrogens is 2. The average Bonchev–Trinajstić information content (AvgIpc) is 2.93. The van der Waals surface area contributed by atoms with Crippen LogP contribution in [0.2, 0.25) is 5.02 Å². The first-order chi connectivity index (χ1) is 12.8. The Hall–Kier alpha value is -1.96. The molecule has 0 saturated heterocycles. The monoisotopic (exact) mass is 421 g/mol. The molecule has 2 N–H and O–H groups in total. The molecule has 1 heterocycles. The topological polar surface area (TPSA) is 78.0 Å². The minimum atomic E-state index is -3.77. The van der Waals surface area contributed by atoms with Crippen molar-refractivity contribution in [1.29, 1.82) is 0 Å². The van der Waals surface area contributed by atoms with Crippen LogP contribution in [0.4, 0.5) is 5.82 Å². The van der Waals surface area contributed by atoms with Crippen molar-refractivity contribution >= 4 is 39.0 Å². The molecule has 1 aromatic heterocycles. The maximum absolute atomic E-state index is 13.2. The van der Waals surface area contributed by atoms with E-state index in [2.05, 4.69) is 5.10 Å². The Kier molecular flexibility index (Phi) is 5.83. The van der Waals surface area contributed by atoms with Crippen LogP contribution in [0.15, 0.2) is 63.3 Å². The highest BCUT2D eigenvalue weighted by atomic mass is 35.5. The van der Waals surface area contributed by atoms with Gasteiger partial charge in [0.2, 0.25) is 9.84 Å². The summed E-state index contributed by atoms with van der Waals surface area (Å²) in [6.45, 7) is 4.22. The summed E-state index contributed by atoms with van der Waals surface area (Å²) < 4.78 is 27.9. The minimum absolute atomic E-state index is 0.0761. The number of anilines is 1. The largest absolute Gasteiger partial charge is 0.383 e. The van der Waals surface area contributed by atoms with Gasteiger partial charge in [0, 0.05) is 5.02 Å². The summed E-state index contributed by atoms with van der Waals surface area (Å²) in [6, 6.07) is 14.0. The number of nitrogen functional groups attached to an aromatic ring is 1. The second kappa shape index (κ2) is 7.96. The van der Waals surface area contributed by atoms with Crippen molar-refractivity contribution < 1.29 is 8.42 Å². The highest BCUT2D eigenvalue weighted by molar-refractivity contribution is 8.00. The summed E-state index contributed by atoms with van der Waals surface area (Å²) >= 11 is 7.29. The zero-order valence-corrected chi connectivity index (χ0v) is 17.4. The Morgan fingerprint density at radius 2 is 1.74 bits per heavy atom. The van der Waals surface area contributed by atoms with Gasteiger partial charge in [-0.05, 0) is 42.5 Å². The van der Waals surface area contributed by atoms with Crippen molar-refractivity contribution in [3.63, 3.8) is 0 Å². The first kappa shape index (κ1) is 19.8. The lowest BCUT2D eigenvalue weighted by Crippen LogP contribution is -2.09. The quantitative estimate of drug-likeness (QED) is 0.596. The molecule has 0 fully saturated rings. The van der Waals surface area contributed by atoms with Crippen LogP contribution in [0.5, 0.6) is 0 Å². The van der Waals surface area contributed by atoms with Gasteiger partial charge in [0.1, 0.15) is 15.7 Å². The van der Waals surface area contributed by atoms with Crippen LogP contribution in [0.3, 0.4) is 0 Å². The normalized spacial score (nSPS) is 11.7. The molecule has 2 aromatic carbocycles. The molecule has 0 radical (unpaired) electrons. The van der Waals surface area contributed by atoms with Crippen LogP contribution in [0, 0.1) is 6.92 Å². The Labute approximate surface area is 168 Å². The Morgan fingerprint density at radius 1 is 1.11 bits per heavy atom. The number of hydrogen-bond donors (Lipinski definition) is 1. The third-order valence-electron chi connectivity index (χ3n) is 4.04. The van der Waals surface area contributed by atoms with E-state index >= 15 is 0 Å². The van der Waals surface area contributed by atoms with Crippen LogP contribution >= 0.6 is 23.4 Å². The molecule has 0 aliphatic rings. The van der Waals surface area contributed by atoms with Crippen LogP contribution < -0.4 is 5.73 Å². The molecule has 0 spiro atoms. The second-order valence-electron chi connectivity index (χ2n) is 6.05. The predicted molar refractivity (Wildman–Crippen MR) is 110 cm³/mol. The number of halogens is 1. The van der Waals surface area contributed by atoms with E-state index in [9.17, 15) is 8.42 Å². The molecule has 5 nitrogen and oxygen atoms in total. The highest BCUT2D eigenvalue weighted by Gasteiger charge is 2.29. The van der Waals surface area contributed by atoms with Gasteiger partial charge >= 0.3 is 0 Å². The predicted octanol–water partition coefficient (Wildman–Crippen LogP) is 4.42. The van der Waals surface area contributed by atoms with Crippen molar-refractivity contribution in [2.75, 3.05) is 11.5 Å². The number of nitrogens with zero attached hydrogens (tertiary/aromatic N) is 2. The van der Waals surface area contributed by atoms with E-state index in [0.717, 1.165) is 11.1 Å². The molecule has 27 heavy (non-hydrogen) atoms. The Balaban J connectivity index is 2.07. The van der Waals surface area contributed by atoms with E-state index in [4.69, 9.17) is 17.3 Å². The number of sulfone groups is 1. The number of aryl methyl sites for hydroxylation is 1. The zero-order chi connectivity index (χ0) is 19.6.